The third-order valence-corrected chi connectivity index (χ3v) is 3.49. The number of likely N-dealkylation sites (N-methyl/N-ethyl adjacent to an activating group) is 1. The van der Waals surface area contributed by atoms with Crippen LogP contribution in [0, 0.1) is 0 Å². The van der Waals surface area contributed by atoms with Gasteiger partial charge in [-0.2, -0.15) is 0 Å². The van der Waals surface area contributed by atoms with E-state index in [1.807, 2.05) is 0 Å². The molecule has 0 aliphatic carbocycles. The van der Waals surface area contributed by atoms with E-state index >= 15 is 0 Å². The third kappa shape index (κ3) is 1.26. The van der Waals surface area contributed by atoms with Crippen LogP contribution < -0.4 is 0 Å². The molecular formula is C10H13NO5. The van der Waals surface area contributed by atoms with E-state index in [0.29, 0.717) is 13.0 Å². The molecule has 3 aliphatic rings. The molecule has 3 saturated heterocycles. The van der Waals surface area contributed by atoms with Gasteiger partial charge in [0.25, 0.3) is 0 Å². The number of rotatable bonds is 1. The lowest BCUT2D eigenvalue weighted by atomic mass is 9.96. The molecule has 0 aromatic heterocycles. The number of hydrogen-bond acceptors (Lipinski definition) is 5. The van der Waals surface area contributed by atoms with E-state index in [2.05, 4.69) is 0 Å². The first-order valence-electron chi connectivity index (χ1n) is 5.36. The largest absolute Gasteiger partial charge is 0.441 e. The molecular weight excluding hydrogens is 214 g/mol. The van der Waals surface area contributed by atoms with Crippen molar-refractivity contribution in [2.24, 2.45) is 0 Å². The second kappa shape index (κ2) is 3.43. The lowest BCUT2D eigenvalue weighted by Crippen LogP contribution is -2.54. The van der Waals surface area contributed by atoms with Crippen LogP contribution in [0.2, 0.25) is 0 Å². The Hall–Kier alpha value is -1.14. The number of amides is 1. The molecule has 3 rings (SSSR count). The minimum absolute atomic E-state index is 0.103. The Morgan fingerprint density at radius 1 is 1.44 bits per heavy atom. The number of fused-ring (bicyclic) bond motifs is 3. The fraction of sp³-hybridized carbons (Fsp3) is 0.800. The molecule has 0 bridgehead atoms. The molecule has 0 radical (unpaired) electrons. The highest BCUT2D eigenvalue weighted by molar-refractivity contribution is 5.70. The number of carbonyl (C=O) groups is 2. The molecule has 16 heavy (non-hydrogen) atoms. The van der Waals surface area contributed by atoms with Gasteiger partial charge in [0, 0.05) is 13.5 Å². The fourth-order valence-electron chi connectivity index (χ4n) is 2.70. The van der Waals surface area contributed by atoms with E-state index in [1.54, 1.807) is 7.05 Å². The lowest BCUT2D eigenvalue weighted by Gasteiger charge is -2.35. The molecule has 3 heterocycles. The molecule has 6 heteroatoms. The highest BCUT2D eigenvalue weighted by Gasteiger charge is 2.54. The van der Waals surface area contributed by atoms with Gasteiger partial charge in [-0.25, -0.2) is 4.79 Å². The van der Waals surface area contributed by atoms with Crippen molar-refractivity contribution < 1.29 is 23.8 Å². The number of hydrogen-bond donors (Lipinski definition) is 0. The van der Waals surface area contributed by atoms with Crippen LogP contribution >= 0.6 is 0 Å². The molecule has 6 nitrogen and oxygen atoms in total. The summed E-state index contributed by atoms with van der Waals surface area (Å²) in [6.45, 7) is 0.386. The first-order chi connectivity index (χ1) is 7.70. The Morgan fingerprint density at radius 3 is 3.00 bits per heavy atom. The summed E-state index contributed by atoms with van der Waals surface area (Å²) in [7, 11) is 1.69. The summed E-state index contributed by atoms with van der Waals surface area (Å²) >= 11 is 0. The zero-order valence-electron chi connectivity index (χ0n) is 8.87. The third-order valence-electron chi connectivity index (χ3n) is 3.49. The lowest BCUT2D eigenvalue weighted by molar-refractivity contribution is -0.129. The van der Waals surface area contributed by atoms with Gasteiger partial charge in [0.1, 0.15) is 30.6 Å². The SMILES string of the molecule is CN1C(=O)O[C@@H]2CO[C@@H]3C[C@@H](C=O)O[C@@H]3[C@@H]21. The van der Waals surface area contributed by atoms with Gasteiger partial charge in [-0.05, 0) is 0 Å². The topological polar surface area (TPSA) is 65.1 Å². The zero-order valence-corrected chi connectivity index (χ0v) is 8.87. The standard InChI is InChI=1S/C10H13NO5/c1-11-8-7(16-10(11)13)4-14-6-2-5(3-12)15-9(6)8/h3,5-9H,2,4H2,1H3/t5-,6+,7+,8+,9-/m0/s1. The van der Waals surface area contributed by atoms with Crippen molar-refractivity contribution in [3.05, 3.63) is 0 Å². The minimum atomic E-state index is -0.419. The molecule has 0 spiro atoms. The Labute approximate surface area is 92.4 Å². The predicted octanol–water partition coefficient (Wildman–Crippen LogP) is -0.439. The van der Waals surface area contributed by atoms with Crippen molar-refractivity contribution >= 4 is 12.4 Å². The minimum Gasteiger partial charge on any atom is -0.441 e. The summed E-state index contributed by atoms with van der Waals surface area (Å²) in [5, 5.41) is 0. The van der Waals surface area contributed by atoms with E-state index in [9.17, 15) is 9.59 Å². The summed E-state index contributed by atoms with van der Waals surface area (Å²) in [6, 6.07) is -0.129. The van der Waals surface area contributed by atoms with Crippen LogP contribution in [0.25, 0.3) is 0 Å². The fourth-order valence-corrected chi connectivity index (χ4v) is 2.70. The highest BCUT2D eigenvalue weighted by Crippen LogP contribution is 2.36. The predicted molar refractivity (Wildman–Crippen MR) is 50.9 cm³/mol. The van der Waals surface area contributed by atoms with Crippen LogP contribution in [-0.2, 0) is 19.0 Å². The average Bonchev–Trinajstić information content (AvgIpc) is 2.81. The summed E-state index contributed by atoms with van der Waals surface area (Å²) in [4.78, 5) is 23.6. The Balaban J connectivity index is 1.84. The molecule has 0 saturated carbocycles. The molecule has 1 amide bonds. The highest BCUT2D eigenvalue weighted by atomic mass is 16.6. The van der Waals surface area contributed by atoms with Crippen molar-refractivity contribution in [1.29, 1.82) is 0 Å². The van der Waals surface area contributed by atoms with E-state index in [-0.39, 0.29) is 30.4 Å². The molecule has 88 valence electrons. The van der Waals surface area contributed by atoms with Crippen molar-refractivity contribution in [3.8, 4) is 0 Å². The first kappa shape index (κ1) is 10.0. The van der Waals surface area contributed by atoms with Crippen LogP contribution in [0.5, 0.6) is 0 Å². The Morgan fingerprint density at radius 2 is 2.25 bits per heavy atom. The van der Waals surface area contributed by atoms with Crippen molar-refractivity contribution in [2.75, 3.05) is 13.7 Å². The smallest absolute Gasteiger partial charge is 0.410 e. The zero-order chi connectivity index (χ0) is 11.3. The van der Waals surface area contributed by atoms with Gasteiger partial charge in [-0.3, -0.25) is 0 Å². The van der Waals surface area contributed by atoms with Gasteiger partial charge in [-0.15, -0.1) is 0 Å². The first-order valence-corrected chi connectivity index (χ1v) is 5.36. The normalized spacial score (nSPS) is 46.2. The average molecular weight is 227 g/mol. The van der Waals surface area contributed by atoms with Crippen LogP contribution in [0.1, 0.15) is 6.42 Å². The Kier molecular flexibility index (Phi) is 2.15. The molecule has 0 aromatic rings. The second-order valence-electron chi connectivity index (χ2n) is 4.41. The molecule has 3 aliphatic heterocycles. The summed E-state index contributed by atoms with van der Waals surface area (Å²) in [5.74, 6) is 0. The molecule has 0 aromatic carbocycles. The monoisotopic (exact) mass is 227 g/mol. The summed E-state index contributed by atoms with van der Waals surface area (Å²) in [5.41, 5.74) is 0. The van der Waals surface area contributed by atoms with Crippen LogP contribution in [0.15, 0.2) is 0 Å². The summed E-state index contributed by atoms with van der Waals surface area (Å²) < 4.78 is 16.3. The number of carbonyl (C=O) groups excluding carboxylic acids is 2. The van der Waals surface area contributed by atoms with Gasteiger partial charge in [0.15, 0.2) is 0 Å². The Bertz CT molecular complexity index is 333. The number of aldehydes is 1. The van der Waals surface area contributed by atoms with Crippen LogP contribution in [-0.4, -0.2) is 61.4 Å². The van der Waals surface area contributed by atoms with Crippen LogP contribution in [0.3, 0.4) is 0 Å². The molecule has 0 unspecified atom stereocenters. The number of ether oxygens (including phenoxy) is 3. The van der Waals surface area contributed by atoms with Gasteiger partial charge < -0.3 is 23.9 Å². The molecule has 0 N–H and O–H groups in total. The number of nitrogens with zero attached hydrogens (tertiary/aromatic N) is 1. The maximum atomic E-state index is 11.4. The molecule has 5 atom stereocenters. The maximum Gasteiger partial charge on any atom is 0.410 e. The maximum absolute atomic E-state index is 11.4. The van der Waals surface area contributed by atoms with Crippen molar-refractivity contribution in [1.82, 2.24) is 4.90 Å². The van der Waals surface area contributed by atoms with E-state index in [0.717, 1.165) is 6.29 Å². The van der Waals surface area contributed by atoms with Crippen molar-refractivity contribution in [2.45, 2.75) is 36.9 Å². The van der Waals surface area contributed by atoms with Crippen molar-refractivity contribution in [3.63, 3.8) is 0 Å². The van der Waals surface area contributed by atoms with Gasteiger partial charge in [0.2, 0.25) is 0 Å². The molecule has 3 fully saturated rings. The summed E-state index contributed by atoms with van der Waals surface area (Å²) in [6.07, 6.45) is -0.0357. The van der Waals surface area contributed by atoms with Crippen LogP contribution in [0.4, 0.5) is 4.79 Å². The van der Waals surface area contributed by atoms with Gasteiger partial charge >= 0.3 is 6.09 Å². The van der Waals surface area contributed by atoms with E-state index in [1.165, 1.54) is 4.90 Å². The van der Waals surface area contributed by atoms with Gasteiger partial charge in [-0.1, -0.05) is 0 Å². The second-order valence-corrected chi connectivity index (χ2v) is 4.41. The van der Waals surface area contributed by atoms with E-state index < -0.39 is 6.10 Å². The van der Waals surface area contributed by atoms with Gasteiger partial charge in [0.05, 0.1) is 12.7 Å². The quantitative estimate of drug-likeness (QED) is 0.568. The van der Waals surface area contributed by atoms with E-state index in [4.69, 9.17) is 14.2 Å².